The van der Waals surface area contributed by atoms with Gasteiger partial charge in [-0.1, -0.05) is 19.3 Å². The van der Waals surface area contributed by atoms with Gasteiger partial charge in [0.2, 0.25) is 11.8 Å². The molecule has 0 aliphatic heterocycles. The number of nitrogens with two attached hydrogens (primary N) is 1. The Bertz CT molecular complexity index is 408. The van der Waals surface area contributed by atoms with Gasteiger partial charge < -0.3 is 10.8 Å². The Balaban J connectivity index is 2.38. The molecule has 1 fully saturated rings. The molecule has 0 aromatic carbocycles. The quantitative estimate of drug-likeness (QED) is 0.646. The van der Waals surface area contributed by atoms with Crippen molar-refractivity contribution in [2.45, 2.75) is 38.0 Å². The van der Waals surface area contributed by atoms with Crippen LogP contribution in [0, 0.1) is 0 Å². The molecular weight excluding hydrogens is 194 g/mol. The molecule has 1 heterocycles. The normalized spacial score (nSPS) is 17.9. The van der Waals surface area contributed by atoms with Crippen LogP contribution in [0.2, 0.25) is 0 Å². The number of aromatic amines is 1. The minimum atomic E-state index is -0.299. The molecule has 4 N–H and O–H groups in total. The van der Waals surface area contributed by atoms with Crippen molar-refractivity contribution in [1.29, 1.82) is 0 Å². The summed E-state index contributed by atoms with van der Waals surface area (Å²) in [4.78, 5) is 17.7. The number of nitrogens with zero attached hydrogens (tertiary/aromatic N) is 1. The third-order valence-electron chi connectivity index (χ3n) is 2.97. The van der Waals surface area contributed by atoms with E-state index in [4.69, 9.17) is 5.73 Å². The first-order chi connectivity index (χ1) is 7.18. The third kappa shape index (κ3) is 1.95. The van der Waals surface area contributed by atoms with Crippen molar-refractivity contribution >= 4 is 5.95 Å². The molecule has 0 amide bonds. The van der Waals surface area contributed by atoms with Gasteiger partial charge in [0.15, 0.2) is 0 Å². The van der Waals surface area contributed by atoms with E-state index in [1.807, 2.05) is 0 Å². The van der Waals surface area contributed by atoms with E-state index in [1.165, 1.54) is 6.42 Å². The van der Waals surface area contributed by atoms with Crippen LogP contribution in [0.1, 0.15) is 43.6 Å². The fraction of sp³-hybridized carbons (Fsp3) is 0.600. The average Bonchev–Trinajstić information content (AvgIpc) is 2.17. The Labute approximate surface area is 87.4 Å². The van der Waals surface area contributed by atoms with Crippen LogP contribution in [0.5, 0.6) is 5.88 Å². The highest BCUT2D eigenvalue weighted by Crippen LogP contribution is 2.33. The van der Waals surface area contributed by atoms with Crippen molar-refractivity contribution in [2.24, 2.45) is 0 Å². The van der Waals surface area contributed by atoms with Crippen LogP contribution in [0.3, 0.4) is 0 Å². The summed E-state index contributed by atoms with van der Waals surface area (Å²) in [5.41, 5.74) is 5.44. The minimum absolute atomic E-state index is 0.0305. The Morgan fingerprint density at radius 3 is 2.60 bits per heavy atom. The molecule has 2 rings (SSSR count). The van der Waals surface area contributed by atoms with Gasteiger partial charge in [-0.05, 0) is 18.8 Å². The molecule has 5 heteroatoms. The summed E-state index contributed by atoms with van der Waals surface area (Å²) in [5.74, 6) is -0.101. The van der Waals surface area contributed by atoms with Gasteiger partial charge in [0.25, 0.3) is 5.56 Å². The number of H-pyrrole nitrogens is 1. The van der Waals surface area contributed by atoms with Gasteiger partial charge in [-0.15, -0.1) is 0 Å². The maximum absolute atomic E-state index is 11.6. The molecule has 1 saturated carbocycles. The fourth-order valence-corrected chi connectivity index (χ4v) is 2.25. The van der Waals surface area contributed by atoms with Crippen LogP contribution in [0.4, 0.5) is 5.95 Å². The smallest absolute Gasteiger partial charge is 0.259 e. The van der Waals surface area contributed by atoms with Gasteiger partial charge >= 0.3 is 0 Å². The molecule has 0 radical (unpaired) electrons. The molecule has 0 spiro atoms. The van der Waals surface area contributed by atoms with Crippen LogP contribution in [-0.2, 0) is 0 Å². The number of nitrogens with one attached hydrogen (secondary N) is 1. The van der Waals surface area contributed by atoms with E-state index >= 15 is 0 Å². The van der Waals surface area contributed by atoms with Crippen LogP contribution < -0.4 is 11.3 Å². The van der Waals surface area contributed by atoms with Gasteiger partial charge in [0.05, 0.1) is 5.56 Å². The lowest BCUT2D eigenvalue weighted by atomic mass is 9.85. The predicted octanol–water partition coefficient (Wildman–Crippen LogP) is 1.11. The monoisotopic (exact) mass is 209 g/mol. The first kappa shape index (κ1) is 10.0. The summed E-state index contributed by atoms with van der Waals surface area (Å²) in [6, 6.07) is 0. The van der Waals surface area contributed by atoms with Gasteiger partial charge in [-0.25, -0.2) is 0 Å². The van der Waals surface area contributed by atoms with Crippen molar-refractivity contribution in [1.82, 2.24) is 9.97 Å². The lowest BCUT2D eigenvalue weighted by Gasteiger charge is -2.21. The number of nitrogen functional groups attached to an aromatic ring is 1. The Morgan fingerprint density at radius 2 is 2.00 bits per heavy atom. The molecule has 15 heavy (non-hydrogen) atoms. The molecule has 0 unspecified atom stereocenters. The Hall–Kier alpha value is -1.52. The highest BCUT2D eigenvalue weighted by Gasteiger charge is 2.22. The zero-order chi connectivity index (χ0) is 10.8. The summed E-state index contributed by atoms with van der Waals surface area (Å²) in [6.07, 6.45) is 5.31. The number of aromatic nitrogens is 2. The SMILES string of the molecule is Nc1nc(O)c(C2CCCCC2)c(=O)[nH]1. The van der Waals surface area contributed by atoms with Crippen LogP contribution in [0.15, 0.2) is 4.79 Å². The van der Waals surface area contributed by atoms with Crippen LogP contribution in [-0.4, -0.2) is 15.1 Å². The van der Waals surface area contributed by atoms with E-state index in [1.54, 1.807) is 0 Å². The zero-order valence-corrected chi connectivity index (χ0v) is 8.49. The van der Waals surface area contributed by atoms with E-state index in [0.717, 1.165) is 25.7 Å². The number of hydrogen-bond donors (Lipinski definition) is 3. The van der Waals surface area contributed by atoms with Crippen molar-refractivity contribution in [3.8, 4) is 5.88 Å². The molecule has 1 aliphatic carbocycles. The lowest BCUT2D eigenvalue weighted by molar-refractivity contribution is 0.400. The van der Waals surface area contributed by atoms with E-state index in [0.29, 0.717) is 5.56 Å². The van der Waals surface area contributed by atoms with Gasteiger partial charge in [0, 0.05) is 0 Å². The second-order valence-electron chi connectivity index (χ2n) is 4.02. The highest BCUT2D eigenvalue weighted by molar-refractivity contribution is 5.31. The lowest BCUT2D eigenvalue weighted by Crippen LogP contribution is -2.20. The van der Waals surface area contributed by atoms with Crippen LogP contribution >= 0.6 is 0 Å². The third-order valence-corrected chi connectivity index (χ3v) is 2.97. The number of hydrogen-bond acceptors (Lipinski definition) is 4. The van der Waals surface area contributed by atoms with E-state index < -0.39 is 0 Å². The highest BCUT2D eigenvalue weighted by atomic mass is 16.3. The summed E-state index contributed by atoms with van der Waals surface area (Å²) in [7, 11) is 0. The molecule has 0 atom stereocenters. The molecule has 0 saturated heterocycles. The van der Waals surface area contributed by atoms with E-state index in [9.17, 15) is 9.90 Å². The Morgan fingerprint density at radius 1 is 1.33 bits per heavy atom. The summed E-state index contributed by atoms with van der Waals surface area (Å²) < 4.78 is 0. The largest absolute Gasteiger partial charge is 0.493 e. The maximum Gasteiger partial charge on any atom is 0.259 e. The number of anilines is 1. The second kappa shape index (κ2) is 3.92. The summed E-state index contributed by atoms with van der Waals surface area (Å²) >= 11 is 0. The van der Waals surface area contributed by atoms with Crippen molar-refractivity contribution in [3.05, 3.63) is 15.9 Å². The molecule has 1 aromatic heterocycles. The predicted molar refractivity (Wildman–Crippen MR) is 56.8 cm³/mol. The van der Waals surface area contributed by atoms with Gasteiger partial charge in [-0.2, -0.15) is 4.98 Å². The number of aromatic hydroxyl groups is 1. The fourth-order valence-electron chi connectivity index (χ4n) is 2.25. The van der Waals surface area contributed by atoms with Crippen molar-refractivity contribution in [2.75, 3.05) is 5.73 Å². The molecule has 1 aromatic rings. The molecule has 5 nitrogen and oxygen atoms in total. The topological polar surface area (TPSA) is 92.0 Å². The standard InChI is InChI=1S/C10H15N3O2/c11-10-12-8(14)7(9(15)13-10)6-4-2-1-3-5-6/h6H,1-5H2,(H4,11,12,13,14,15). The molecule has 82 valence electrons. The van der Waals surface area contributed by atoms with E-state index in [-0.39, 0.29) is 23.3 Å². The molecule has 1 aliphatic rings. The van der Waals surface area contributed by atoms with Crippen molar-refractivity contribution < 1.29 is 5.11 Å². The summed E-state index contributed by atoms with van der Waals surface area (Å²) in [5, 5.41) is 9.61. The van der Waals surface area contributed by atoms with Gasteiger partial charge in [-0.3, -0.25) is 9.78 Å². The van der Waals surface area contributed by atoms with Crippen LogP contribution in [0.25, 0.3) is 0 Å². The average molecular weight is 209 g/mol. The number of rotatable bonds is 1. The first-order valence-corrected chi connectivity index (χ1v) is 5.27. The molecule has 0 bridgehead atoms. The van der Waals surface area contributed by atoms with Gasteiger partial charge in [0.1, 0.15) is 0 Å². The molecular formula is C10H15N3O2. The van der Waals surface area contributed by atoms with Crippen molar-refractivity contribution in [3.63, 3.8) is 0 Å². The maximum atomic E-state index is 11.6. The Kier molecular flexibility index (Phi) is 2.62. The first-order valence-electron chi connectivity index (χ1n) is 5.27. The summed E-state index contributed by atoms with van der Waals surface area (Å²) in [6.45, 7) is 0. The second-order valence-corrected chi connectivity index (χ2v) is 4.02. The minimum Gasteiger partial charge on any atom is -0.493 e. The zero-order valence-electron chi connectivity index (χ0n) is 8.49. The van der Waals surface area contributed by atoms with E-state index in [2.05, 4.69) is 9.97 Å².